The van der Waals surface area contributed by atoms with Crippen LogP contribution in [0.5, 0.6) is 0 Å². The summed E-state index contributed by atoms with van der Waals surface area (Å²) >= 11 is 13.4. The van der Waals surface area contributed by atoms with Crippen molar-refractivity contribution in [2.75, 3.05) is 17.8 Å². The van der Waals surface area contributed by atoms with E-state index in [9.17, 15) is 0 Å². The summed E-state index contributed by atoms with van der Waals surface area (Å²) in [5.41, 5.74) is 0. The van der Waals surface area contributed by atoms with E-state index in [1.165, 1.54) is 32.7 Å². The molecule has 0 spiro atoms. The van der Waals surface area contributed by atoms with Crippen molar-refractivity contribution in [1.29, 1.82) is 0 Å². The topological polar surface area (TPSA) is 0 Å². The van der Waals surface area contributed by atoms with Crippen LogP contribution < -0.4 is 68.9 Å². The van der Waals surface area contributed by atoms with Crippen molar-refractivity contribution in [3.05, 3.63) is 26.6 Å². The van der Waals surface area contributed by atoms with Gasteiger partial charge in [-0.2, -0.15) is 11.8 Å². The van der Waals surface area contributed by atoms with Crippen molar-refractivity contribution in [2.24, 2.45) is 0 Å². The monoisotopic (exact) mass is 472 g/mol. The van der Waals surface area contributed by atoms with Gasteiger partial charge >= 0.3 is 68.9 Å². The summed E-state index contributed by atoms with van der Waals surface area (Å²) in [6.45, 7) is 0. The molecule has 0 aliphatic carbocycles. The van der Waals surface area contributed by atoms with E-state index in [4.69, 9.17) is 0 Å². The van der Waals surface area contributed by atoms with Crippen molar-refractivity contribution < 1.29 is 68.9 Å². The van der Waals surface area contributed by atoms with Crippen LogP contribution in [0.2, 0.25) is 0 Å². The molecule has 0 N–H and O–H groups in total. The maximum atomic E-state index is 3.36. The van der Waals surface area contributed by atoms with Crippen molar-refractivity contribution in [1.82, 2.24) is 0 Å². The SMILES string of the molecule is CSC1=[C-]SC(=C2SC3=C(SCCS3)S2)S1.[Cs+]. The van der Waals surface area contributed by atoms with E-state index in [1.807, 2.05) is 58.8 Å². The van der Waals surface area contributed by atoms with Crippen LogP contribution >= 0.6 is 82.3 Å². The molecule has 0 unspecified atom stereocenters. The summed E-state index contributed by atoms with van der Waals surface area (Å²) in [6.07, 6.45) is 2.12. The molecule has 0 saturated carbocycles. The van der Waals surface area contributed by atoms with E-state index >= 15 is 0 Å². The first-order valence-corrected chi connectivity index (χ1v) is 10.9. The number of rotatable bonds is 1. The third-order valence-corrected chi connectivity index (χ3v) is 11.5. The summed E-state index contributed by atoms with van der Waals surface area (Å²) in [5, 5.41) is 3.36. The minimum absolute atomic E-state index is 0. The van der Waals surface area contributed by atoms with E-state index < -0.39 is 0 Å². The van der Waals surface area contributed by atoms with Gasteiger partial charge in [0.15, 0.2) is 0 Å². The summed E-state index contributed by atoms with van der Waals surface area (Å²) in [4.78, 5) is 0. The molecule has 3 aliphatic heterocycles. The Morgan fingerprint density at radius 2 is 1.59 bits per heavy atom. The zero-order chi connectivity index (χ0) is 11.0. The van der Waals surface area contributed by atoms with Crippen LogP contribution in [-0.2, 0) is 0 Å². The van der Waals surface area contributed by atoms with Crippen LogP contribution in [0.4, 0.5) is 0 Å². The van der Waals surface area contributed by atoms with Gasteiger partial charge in [0.1, 0.15) is 0 Å². The Balaban J connectivity index is 0.00000108. The van der Waals surface area contributed by atoms with Gasteiger partial charge in [0.05, 0.1) is 12.7 Å². The molecule has 0 atom stereocenters. The second-order valence-electron chi connectivity index (χ2n) is 2.85. The van der Waals surface area contributed by atoms with Crippen LogP contribution in [0, 0.1) is 5.41 Å². The average molecular weight is 473 g/mol. The molecule has 3 rings (SSSR count). The smallest absolute Gasteiger partial charge is 0.405 e. The van der Waals surface area contributed by atoms with Gasteiger partial charge in [-0.05, 0) is 6.26 Å². The quantitative estimate of drug-likeness (QED) is 0.532. The fraction of sp³-hybridized carbons (Fsp3) is 0.333. The third kappa shape index (κ3) is 4.35. The first-order valence-electron chi connectivity index (χ1n) is 4.48. The molecule has 0 saturated heterocycles. The fourth-order valence-corrected chi connectivity index (χ4v) is 10.3. The van der Waals surface area contributed by atoms with Gasteiger partial charge in [-0.1, -0.05) is 23.5 Å². The van der Waals surface area contributed by atoms with E-state index in [2.05, 4.69) is 11.7 Å². The van der Waals surface area contributed by atoms with Crippen LogP contribution in [0.15, 0.2) is 21.2 Å². The molecule has 0 fully saturated rings. The van der Waals surface area contributed by atoms with Gasteiger partial charge in [0.2, 0.25) is 0 Å². The first-order chi connectivity index (χ1) is 7.86. The molecule has 0 amide bonds. The fourth-order valence-electron chi connectivity index (χ4n) is 1.18. The number of thioether (sulfide) groups is 7. The van der Waals surface area contributed by atoms with Gasteiger partial charge < -0.3 is 17.2 Å². The Morgan fingerprint density at radius 3 is 2.12 bits per heavy atom. The van der Waals surface area contributed by atoms with Crippen molar-refractivity contribution in [2.45, 2.75) is 0 Å². The van der Waals surface area contributed by atoms with Crippen LogP contribution in [0.3, 0.4) is 0 Å². The molecule has 86 valence electrons. The molecule has 0 nitrogen and oxygen atoms in total. The second-order valence-corrected chi connectivity index (χ2v) is 11.0. The molecule has 0 aromatic carbocycles. The van der Waals surface area contributed by atoms with E-state index in [0.717, 1.165) is 0 Å². The Labute approximate surface area is 191 Å². The van der Waals surface area contributed by atoms with Crippen molar-refractivity contribution in [3.8, 4) is 0 Å². The normalized spacial score (nSPS) is 23.7. The molecule has 0 aromatic rings. The maximum Gasteiger partial charge on any atom is 1.00 e. The van der Waals surface area contributed by atoms with Crippen LogP contribution in [-0.4, -0.2) is 17.8 Å². The first kappa shape index (κ1) is 17.1. The van der Waals surface area contributed by atoms with E-state index in [1.54, 1.807) is 23.5 Å². The van der Waals surface area contributed by atoms with Gasteiger partial charge in [-0.25, -0.2) is 0 Å². The Bertz CT molecular complexity index is 392. The Hall–Kier alpha value is 3.72. The number of hydrogen-bond acceptors (Lipinski definition) is 7. The molecule has 3 heterocycles. The van der Waals surface area contributed by atoms with Crippen LogP contribution in [0.1, 0.15) is 0 Å². The van der Waals surface area contributed by atoms with E-state index in [0.29, 0.717) is 0 Å². The summed E-state index contributed by atoms with van der Waals surface area (Å²) in [6, 6.07) is 0. The summed E-state index contributed by atoms with van der Waals surface area (Å²) in [7, 11) is 0. The Kier molecular flexibility index (Phi) is 8.42. The molecule has 0 radical (unpaired) electrons. The molecular formula is C9H7CsS7. The predicted molar refractivity (Wildman–Crippen MR) is 89.6 cm³/mol. The second kappa shape index (κ2) is 8.38. The van der Waals surface area contributed by atoms with Crippen molar-refractivity contribution in [3.63, 3.8) is 0 Å². The minimum Gasteiger partial charge on any atom is -0.405 e. The summed E-state index contributed by atoms with van der Waals surface area (Å²) < 4.78 is 7.26. The molecule has 0 aromatic heterocycles. The van der Waals surface area contributed by atoms with Gasteiger partial charge in [-0.3, -0.25) is 0 Å². The number of hydrogen-bond donors (Lipinski definition) is 0. The van der Waals surface area contributed by atoms with Gasteiger partial charge in [0.25, 0.3) is 0 Å². The van der Waals surface area contributed by atoms with Gasteiger partial charge in [-0.15, -0.1) is 39.5 Å². The summed E-state index contributed by atoms with van der Waals surface area (Å²) in [5.74, 6) is 2.53. The molecule has 3 aliphatic rings. The standard InChI is InChI=1S/C9H7S7.Cs/c1-10-5-4-13-8(14-5)9-15-6-7(16-9)12-3-2-11-6;/h2-3H2,1H3;/q-1;+1. The molecule has 8 heteroatoms. The maximum absolute atomic E-state index is 3.36. The average Bonchev–Trinajstić information content (AvgIpc) is 2.95. The van der Waals surface area contributed by atoms with Crippen LogP contribution in [0.25, 0.3) is 0 Å². The zero-order valence-electron chi connectivity index (χ0n) is 9.27. The van der Waals surface area contributed by atoms with Crippen molar-refractivity contribution >= 4 is 82.3 Å². The Morgan fingerprint density at radius 1 is 0.941 bits per heavy atom. The van der Waals surface area contributed by atoms with E-state index in [-0.39, 0.29) is 68.9 Å². The predicted octanol–water partition coefficient (Wildman–Crippen LogP) is 2.65. The minimum atomic E-state index is 0. The largest absolute Gasteiger partial charge is 1.00 e. The zero-order valence-corrected chi connectivity index (χ0v) is 21.3. The molecule has 17 heavy (non-hydrogen) atoms. The molecule has 0 bridgehead atoms. The van der Waals surface area contributed by atoms with Gasteiger partial charge in [0, 0.05) is 15.7 Å². The third-order valence-electron chi connectivity index (χ3n) is 1.85. The molecular weight excluding hydrogens is 465 g/mol.